The van der Waals surface area contributed by atoms with Crippen molar-refractivity contribution >= 4 is 76.1 Å². The largest absolute Gasteiger partial charge is 0.508 e. The first-order valence-electron chi connectivity index (χ1n) is 27.3. The van der Waals surface area contributed by atoms with Crippen LogP contribution in [-0.4, -0.2) is 172 Å². The van der Waals surface area contributed by atoms with E-state index in [0.29, 0.717) is 16.7 Å². The van der Waals surface area contributed by atoms with Crippen LogP contribution in [0.3, 0.4) is 0 Å². The number of urea groups is 1. The van der Waals surface area contributed by atoms with E-state index in [-0.39, 0.29) is 75.7 Å². The zero-order valence-corrected chi connectivity index (χ0v) is 47.4. The van der Waals surface area contributed by atoms with Gasteiger partial charge in [0.1, 0.15) is 48.0 Å². The van der Waals surface area contributed by atoms with E-state index in [9.17, 15) is 63.3 Å². The van der Waals surface area contributed by atoms with Crippen LogP contribution in [0.4, 0.5) is 4.79 Å². The smallest absolute Gasteiger partial charge is 0.334 e. The van der Waals surface area contributed by atoms with Gasteiger partial charge in [0.25, 0.3) is 5.91 Å². The number of H-pyrrole nitrogens is 1. The lowest BCUT2D eigenvalue weighted by atomic mass is 10.0. The topological polar surface area (TPSA) is 435 Å². The summed E-state index contributed by atoms with van der Waals surface area (Å²) < 4.78 is 0. The number of benzene rings is 3. The number of phenolic OH excluding ortho intramolecular Hbond substituents is 1. The van der Waals surface area contributed by atoms with E-state index in [4.69, 9.17) is 11.5 Å². The maximum Gasteiger partial charge on any atom is 0.334 e. The zero-order valence-electron chi connectivity index (χ0n) is 47.4. The van der Waals surface area contributed by atoms with Crippen LogP contribution < -0.4 is 64.9 Å². The number of nitrogens with one attached hydrogen (secondary N) is 11. The number of fused-ring (bicyclic) bond motifs is 1. The van der Waals surface area contributed by atoms with Crippen molar-refractivity contribution in [1.29, 1.82) is 0 Å². The summed E-state index contributed by atoms with van der Waals surface area (Å²) >= 11 is 0. The third kappa shape index (κ3) is 20.3. The van der Waals surface area contributed by atoms with Gasteiger partial charge in [0.15, 0.2) is 5.96 Å². The number of aliphatic hydroxyl groups is 2. The Hall–Kier alpha value is -9.31. The number of carbonyl (C=O) groups is 10. The van der Waals surface area contributed by atoms with Crippen LogP contribution in [0.1, 0.15) is 70.1 Å². The van der Waals surface area contributed by atoms with E-state index in [1.807, 2.05) is 24.3 Å². The number of para-hydroxylation sites is 1. The molecular weight excluding hydrogens is 1090 g/mol. The Morgan fingerprint density at radius 3 is 1.99 bits per heavy atom. The van der Waals surface area contributed by atoms with Crippen molar-refractivity contribution in [1.82, 2.24) is 63.3 Å². The van der Waals surface area contributed by atoms with Gasteiger partial charge < -0.3 is 79.2 Å². The monoisotopic (exact) mass is 1170 g/mol. The fourth-order valence-corrected chi connectivity index (χ4v) is 9.32. The average Bonchev–Trinajstić information content (AvgIpc) is 4.30. The summed E-state index contributed by atoms with van der Waals surface area (Å²) in [5.41, 5.74) is 18.6. The normalized spacial score (nSPS) is 16.5. The number of hydrogen-bond donors (Lipinski definition) is 16. The summed E-state index contributed by atoms with van der Waals surface area (Å²) in [6.45, 7) is 5.17. The van der Waals surface area contributed by atoms with E-state index in [1.54, 1.807) is 62.5 Å². The number of hydrazine groups is 1. The number of aromatic nitrogens is 1. The number of phenols is 1. The Kier molecular flexibility index (Phi) is 24.8. The van der Waals surface area contributed by atoms with Crippen molar-refractivity contribution in [2.24, 2.45) is 22.4 Å². The van der Waals surface area contributed by atoms with Crippen molar-refractivity contribution in [3.63, 3.8) is 0 Å². The average molecular weight is 1170 g/mol. The number of nitrogens with two attached hydrogens (primary N) is 2. The predicted molar refractivity (Wildman–Crippen MR) is 307 cm³/mol. The Balaban J connectivity index is 1.22. The molecule has 84 heavy (non-hydrogen) atoms. The van der Waals surface area contributed by atoms with E-state index < -0.39 is 120 Å². The molecule has 0 radical (unpaired) electrons. The lowest BCUT2D eigenvalue weighted by Gasteiger charge is -2.28. The molecule has 28 heteroatoms. The molecule has 11 amide bonds. The van der Waals surface area contributed by atoms with Gasteiger partial charge in [0.05, 0.1) is 18.8 Å². The van der Waals surface area contributed by atoms with Crippen LogP contribution in [0.25, 0.3) is 10.9 Å². The predicted octanol–water partition coefficient (Wildman–Crippen LogP) is -2.65. The first-order valence-corrected chi connectivity index (χ1v) is 27.3. The summed E-state index contributed by atoms with van der Waals surface area (Å²) in [6, 6.07) is 11.2. The highest BCUT2D eigenvalue weighted by Crippen LogP contribution is 2.22. The maximum absolute atomic E-state index is 14.1. The number of hydrogen-bond acceptors (Lipinski definition) is 14. The summed E-state index contributed by atoms with van der Waals surface area (Å²) in [4.78, 5) is 143. The number of nitrogens with zero attached hydrogens (tertiary/aromatic N) is 2. The molecular formula is C56H77N15O13. The molecule has 0 aliphatic carbocycles. The number of aliphatic hydroxyl groups excluding tert-OH is 2. The van der Waals surface area contributed by atoms with Gasteiger partial charge in [0, 0.05) is 69.8 Å². The molecule has 18 N–H and O–H groups in total. The van der Waals surface area contributed by atoms with Gasteiger partial charge in [-0.05, 0) is 67.0 Å². The molecule has 1 aromatic heterocycles. The SMILES string of the molecule is CN=C(N)NCCC[C@H](NC(=O)[C@H](CC(C)C)NC(=O)NNC(=O)[C@H](Cc1ccccc1)NC(=O)[C@@H](NC(=O)CNC(=O)[C@@H]1C[C@@H](O)CN1C(=O)[C@@H](Cc1ccc(O)cc1)NC(C)=O)[C@@H](C)O)C(=O)N[C@@H](Cc1c[nH]c2ccccc12)C(N)=O. The molecule has 1 aliphatic rings. The van der Waals surface area contributed by atoms with Crippen molar-refractivity contribution in [3.8, 4) is 5.75 Å². The molecule has 2 heterocycles. The fraction of sp³-hybridized carbons (Fsp3) is 0.446. The van der Waals surface area contributed by atoms with Gasteiger partial charge in [-0.3, -0.25) is 53.6 Å². The fourth-order valence-electron chi connectivity index (χ4n) is 9.32. The molecule has 3 aromatic carbocycles. The standard InChI is InChI=1S/C56H77N15O13/c1-30(2)22-42(50(79)64-40(16-11-21-60-55(58)59-5)49(78)65-41(48(57)77)25-35-27-61-39-15-10-9-14-38(35)39)67-56(84)70-69-51(80)43(23-33-12-7-6-8-13-33)66-53(82)47(31(3)72)68-46(76)28-62-52(81)45-26-37(75)29-71(45)54(83)44(63-32(4)73)24-34-17-19-36(74)20-18-34/h6-10,12-15,17-20,27,30-31,37,40-45,47,61,72,74-75H,11,16,21-26,28-29H2,1-5H3,(H2,57,77)(H,62,81)(H,63,73)(H,64,79)(H,65,78)(H,66,82)(H,68,76)(H,69,80)(H3,58,59,60)(H2,67,70,84)/t31-,37-,40+,41+,42+,43+,44-,45+,47+/m1/s1. The molecule has 0 saturated carbocycles. The van der Waals surface area contributed by atoms with Crippen molar-refractivity contribution in [2.45, 2.75) is 127 Å². The van der Waals surface area contributed by atoms with Gasteiger partial charge in [-0.15, -0.1) is 0 Å². The first-order chi connectivity index (χ1) is 39.9. The van der Waals surface area contributed by atoms with Gasteiger partial charge in [0.2, 0.25) is 47.3 Å². The third-order valence-electron chi connectivity index (χ3n) is 13.6. The molecule has 5 rings (SSSR count). The van der Waals surface area contributed by atoms with Crippen LogP contribution in [-0.2, 0) is 62.4 Å². The summed E-state index contributed by atoms with van der Waals surface area (Å²) in [6.07, 6.45) is -1.01. The second kappa shape index (κ2) is 31.8. The maximum atomic E-state index is 14.1. The van der Waals surface area contributed by atoms with Crippen molar-refractivity contribution in [2.75, 3.05) is 26.7 Å². The molecule has 9 atom stereocenters. The number of amides is 11. The number of rotatable bonds is 28. The minimum absolute atomic E-state index is 0.0145. The highest BCUT2D eigenvalue weighted by atomic mass is 16.3. The lowest BCUT2D eigenvalue weighted by molar-refractivity contribution is -0.141. The van der Waals surface area contributed by atoms with Crippen LogP contribution in [0.15, 0.2) is 90.1 Å². The van der Waals surface area contributed by atoms with E-state index in [1.165, 1.54) is 33.0 Å². The van der Waals surface area contributed by atoms with E-state index in [2.05, 4.69) is 63.4 Å². The van der Waals surface area contributed by atoms with Gasteiger partial charge >= 0.3 is 6.03 Å². The molecule has 0 unspecified atom stereocenters. The number of primary amides is 1. The van der Waals surface area contributed by atoms with E-state index >= 15 is 0 Å². The Labute approximate surface area is 484 Å². The van der Waals surface area contributed by atoms with Crippen molar-refractivity contribution in [3.05, 3.63) is 102 Å². The Bertz CT molecular complexity index is 2970. The molecule has 1 saturated heterocycles. The summed E-state index contributed by atoms with van der Waals surface area (Å²) in [5, 5.41) is 52.3. The van der Waals surface area contributed by atoms with Crippen LogP contribution in [0.2, 0.25) is 0 Å². The zero-order chi connectivity index (χ0) is 61.6. The number of β-amino-alcohol motifs (C(OH)–C–C–N with tert-alkyl or cyclic N) is 1. The van der Waals surface area contributed by atoms with Crippen LogP contribution >= 0.6 is 0 Å². The van der Waals surface area contributed by atoms with Gasteiger partial charge in [-0.25, -0.2) is 10.2 Å². The highest BCUT2D eigenvalue weighted by molar-refractivity contribution is 5.97. The van der Waals surface area contributed by atoms with Gasteiger partial charge in [-0.2, -0.15) is 0 Å². The highest BCUT2D eigenvalue weighted by Gasteiger charge is 2.42. The molecule has 4 aromatic rings. The third-order valence-corrected chi connectivity index (χ3v) is 13.6. The number of carbonyl (C=O) groups excluding carboxylic acids is 10. The molecule has 1 aliphatic heterocycles. The van der Waals surface area contributed by atoms with E-state index in [0.717, 1.165) is 15.8 Å². The Morgan fingerprint density at radius 2 is 1.33 bits per heavy atom. The quantitative estimate of drug-likeness (QED) is 0.0120. The number of aliphatic imine (C=N–C) groups is 1. The Morgan fingerprint density at radius 1 is 0.702 bits per heavy atom. The van der Waals surface area contributed by atoms with Crippen LogP contribution in [0, 0.1) is 5.92 Å². The molecule has 0 spiro atoms. The molecule has 28 nitrogen and oxygen atoms in total. The lowest BCUT2D eigenvalue weighted by Crippen LogP contribution is -2.61. The molecule has 454 valence electrons. The second-order valence-corrected chi connectivity index (χ2v) is 20.8. The number of aromatic amines is 1. The second-order valence-electron chi connectivity index (χ2n) is 20.8. The molecule has 0 bridgehead atoms. The van der Waals surface area contributed by atoms with Crippen LogP contribution in [0.5, 0.6) is 5.75 Å². The summed E-state index contributed by atoms with van der Waals surface area (Å²) in [5.74, 6) is -7.51. The summed E-state index contributed by atoms with van der Waals surface area (Å²) in [7, 11) is 1.48. The number of aromatic hydroxyl groups is 1. The first kappa shape index (κ1) is 65.5. The minimum atomic E-state index is -1.72. The minimum Gasteiger partial charge on any atom is -0.508 e. The molecule has 1 fully saturated rings. The van der Waals surface area contributed by atoms with Crippen molar-refractivity contribution < 1.29 is 63.3 Å². The van der Waals surface area contributed by atoms with Gasteiger partial charge in [-0.1, -0.05) is 74.5 Å². The number of likely N-dealkylation sites (tertiary alicyclic amines) is 1. The number of guanidine groups is 1.